The largest absolute Gasteiger partial charge is 0.309 e. The van der Waals surface area contributed by atoms with Crippen LogP contribution in [0, 0.1) is 0 Å². The van der Waals surface area contributed by atoms with Crippen LogP contribution in [0.3, 0.4) is 0 Å². The first kappa shape index (κ1) is 25.1. The molecule has 214 valence electrons. The molecular weight excluding hydrogens is 560 g/mol. The van der Waals surface area contributed by atoms with Gasteiger partial charge in [0.15, 0.2) is 0 Å². The molecule has 0 N–H and O–H groups in total. The van der Waals surface area contributed by atoms with Crippen LogP contribution in [0.1, 0.15) is 0 Å². The molecule has 0 fully saturated rings. The van der Waals surface area contributed by atoms with Crippen LogP contribution in [0.5, 0.6) is 0 Å². The lowest BCUT2D eigenvalue weighted by Gasteiger charge is -2.32. The van der Waals surface area contributed by atoms with Gasteiger partial charge in [0.25, 0.3) is 0 Å². The number of anilines is 3. The Bertz CT molecular complexity index is 2640. The van der Waals surface area contributed by atoms with Crippen molar-refractivity contribution in [3.63, 3.8) is 0 Å². The van der Waals surface area contributed by atoms with Crippen LogP contribution in [0.4, 0.5) is 17.2 Å². The van der Waals surface area contributed by atoms with E-state index in [0.29, 0.717) is 0 Å². The Morgan fingerprint density at radius 2 is 1.20 bits per heavy atom. The van der Waals surface area contributed by atoms with Crippen LogP contribution in [0.15, 0.2) is 158 Å². The van der Waals surface area contributed by atoms with Crippen molar-refractivity contribution in [2.45, 2.75) is 0 Å². The van der Waals surface area contributed by atoms with Gasteiger partial charge in [0.05, 0.1) is 33.3 Å². The molecule has 10 rings (SSSR count). The quantitative estimate of drug-likeness (QED) is 0.193. The number of hydrogen-bond acceptors (Lipinski definition) is 3. The van der Waals surface area contributed by atoms with E-state index >= 15 is 0 Å². The summed E-state index contributed by atoms with van der Waals surface area (Å²) in [6.07, 6.45) is 1.92. The number of fused-ring (bicyclic) bond motifs is 7. The summed E-state index contributed by atoms with van der Waals surface area (Å²) >= 11 is 0. The second-order valence-corrected chi connectivity index (χ2v) is 11.9. The molecule has 4 heteroatoms. The molecule has 0 unspecified atom stereocenters. The Balaban J connectivity index is 1.13. The summed E-state index contributed by atoms with van der Waals surface area (Å²) in [6.45, 7) is 0. The lowest BCUT2D eigenvalue weighted by atomic mass is 9.95. The van der Waals surface area contributed by atoms with Crippen molar-refractivity contribution in [1.29, 1.82) is 0 Å². The number of pyridine rings is 2. The summed E-state index contributed by atoms with van der Waals surface area (Å²) in [5, 5.41) is 5.90. The molecule has 0 atom stereocenters. The monoisotopic (exact) mass is 586 g/mol. The van der Waals surface area contributed by atoms with E-state index < -0.39 is 0 Å². The number of benzene rings is 6. The zero-order chi connectivity index (χ0) is 30.2. The predicted octanol–water partition coefficient (Wildman–Crippen LogP) is 11.0. The second-order valence-electron chi connectivity index (χ2n) is 11.9. The van der Waals surface area contributed by atoms with Gasteiger partial charge in [-0.3, -0.25) is 9.88 Å². The van der Waals surface area contributed by atoms with Crippen LogP contribution in [-0.2, 0) is 0 Å². The predicted molar refractivity (Wildman–Crippen MR) is 190 cm³/mol. The molecule has 0 saturated carbocycles. The molecule has 1 aliphatic heterocycles. The number of rotatable bonds is 3. The van der Waals surface area contributed by atoms with Crippen molar-refractivity contribution in [3.8, 4) is 28.1 Å². The van der Waals surface area contributed by atoms with Crippen molar-refractivity contribution in [3.05, 3.63) is 158 Å². The smallest absolute Gasteiger partial charge is 0.148 e. The highest BCUT2D eigenvalue weighted by Gasteiger charge is 2.29. The van der Waals surface area contributed by atoms with Crippen LogP contribution in [-0.4, -0.2) is 14.5 Å². The maximum Gasteiger partial charge on any atom is 0.148 e. The van der Waals surface area contributed by atoms with Crippen molar-refractivity contribution >= 4 is 60.7 Å². The van der Waals surface area contributed by atoms with Gasteiger partial charge in [0.1, 0.15) is 5.82 Å². The first-order valence-corrected chi connectivity index (χ1v) is 15.6. The van der Waals surface area contributed by atoms with Crippen molar-refractivity contribution in [2.24, 2.45) is 0 Å². The van der Waals surface area contributed by atoms with E-state index in [0.717, 1.165) is 44.7 Å². The molecule has 4 nitrogen and oxygen atoms in total. The summed E-state index contributed by atoms with van der Waals surface area (Å²) in [5.41, 5.74) is 11.2. The minimum atomic E-state index is 0.915. The average Bonchev–Trinajstić information content (AvgIpc) is 3.46. The Kier molecular flexibility index (Phi) is 5.25. The molecule has 0 spiro atoms. The number of para-hydroxylation sites is 4. The maximum atomic E-state index is 5.25. The van der Waals surface area contributed by atoms with E-state index in [9.17, 15) is 0 Å². The van der Waals surface area contributed by atoms with Gasteiger partial charge in [-0.2, -0.15) is 0 Å². The Hall–Kier alpha value is -6.26. The van der Waals surface area contributed by atoms with Crippen LogP contribution in [0.25, 0.3) is 71.6 Å². The molecule has 46 heavy (non-hydrogen) atoms. The van der Waals surface area contributed by atoms with Gasteiger partial charge in [0.2, 0.25) is 0 Å². The Morgan fingerprint density at radius 1 is 0.478 bits per heavy atom. The minimum Gasteiger partial charge on any atom is -0.309 e. The molecule has 0 aliphatic carbocycles. The van der Waals surface area contributed by atoms with E-state index in [-0.39, 0.29) is 0 Å². The van der Waals surface area contributed by atoms with Gasteiger partial charge in [0, 0.05) is 39.3 Å². The van der Waals surface area contributed by atoms with Crippen molar-refractivity contribution in [1.82, 2.24) is 14.5 Å². The molecule has 3 aromatic heterocycles. The SMILES string of the molecule is c1ccc(-n2c3ccccc3c3cc(-c4ccc(N5c6ccccc6-c6nccc7c6c5nc5ccccc57)cc4)ccc32)cc1. The van der Waals surface area contributed by atoms with Gasteiger partial charge >= 0.3 is 0 Å². The average molecular weight is 587 g/mol. The van der Waals surface area contributed by atoms with E-state index in [1.165, 1.54) is 44.0 Å². The van der Waals surface area contributed by atoms with Crippen LogP contribution in [0.2, 0.25) is 0 Å². The third-order valence-electron chi connectivity index (χ3n) is 9.35. The standard InChI is InChI=1S/C42H26N4/c1-2-10-29(11-3-1)45-37-16-8-5-13-32(37)35-26-28(20-23-39(35)45)27-18-21-30(22-19-27)46-38-17-9-6-14-34(38)41-40-33(24-25-43-41)31-12-4-7-15-36(31)44-42(40)46/h1-26H. The third-order valence-corrected chi connectivity index (χ3v) is 9.35. The fourth-order valence-corrected chi connectivity index (χ4v) is 7.30. The first-order chi connectivity index (χ1) is 22.8. The summed E-state index contributed by atoms with van der Waals surface area (Å²) in [6, 6.07) is 54.0. The molecule has 6 aromatic carbocycles. The highest BCUT2D eigenvalue weighted by Crippen LogP contribution is 2.50. The molecule has 0 radical (unpaired) electrons. The third kappa shape index (κ3) is 3.55. The van der Waals surface area contributed by atoms with E-state index in [2.05, 4.69) is 161 Å². The fourth-order valence-electron chi connectivity index (χ4n) is 7.30. The van der Waals surface area contributed by atoms with E-state index in [4.69, 9.17) is 9.97 Å². The summed E-state index contributed by atoms with van der Waals surface area (Å²) in [7, 11) is 0. The summed E-state index contributed by atoms with van der Waals surface area (Å²) in [4.78, 5) is 12.4. The molecule has 0 bridgehead atoms. The lowest BCUT2D eigenvalue weighted by molar-refractivity contribution is 1.18. The lowest BCUT2D eigenvalue weighted by Crippen LogP contribution is -2.17. The first-order valence-electron chi connectivity index (χ1n) is 15.6. The van der Waals surface area contributed by atoms with Gasteiger partial charge in [-0.05, 0) is 77.2 Å². The normalized spacial score (nSPS) is 12.3. The zero-order valence-corrected chi connectivity index (χ0v) is 24.8. The maximum absolute atomic E-state index is 5.25. The van der Waals surface area contributed by atoms with Crippen LogP contribution >= 0.6 is 0 Å². The Morgan fingerprint density at radius 3 is 2.09 bits per heavy atom. The van der Waals surface area contributed by atoms with E-state index in [1.54, 1.807) is 0 Å². The molecule has 0 amide bonds. The highest BCUT2D eigenvalue weighted by atomic mass is 15.2. The molecular formula is C42H26N4. The number of aromatic nitrogens is 3. The highest BCUT2D eigenvalue weighted by molar-refractivity contribution is 6.19. The molecule has 4 heterocycles. The second kappa shape index (κ2) is 9.62. The molecule has 0 saturated heterocycles. The zero-order valence-electron chi connectivity index (χ0n) is 24.8. The number of nitrogens with zero attached hydrogens (tertiary/aromatic N) is 4. The molecule has 9 aromatic rings. The van der Waals surface area contributed by atoms with Gasteiger partial charge in [-0.25, -0.2) is 4.98 Å². The van der Waals surface area contributed by atoms with Crippen molar-refractivity contribution < 1.29 is 0 Å². The minimum absolute atomic E-state index is 0.915. The van der Waals surface area contributed by atoms with Crippen LogP contribution < -0.4 is 4.90 Å². The topological polar surface area (TPSA) is 34.0 Å². The summed E-state index contributed by atoms with van der Waals surface area (Å²) < 4.78 is 2.36. The number of hydrogen-bond donors (Lipinski definition) is 0. The summed E-state index contributed by atoms with van der Waals surface area (Å²) in [5.74, 6) is 0.915. The molecule has 1 aliphatic rings. The Labute approximate surface area is 265 Å². The van der Waals surface area contributed by atoms with Crippen molar-refractivity contribution in [2.75, 3.05) is 4.90 Å². The van der Waals surface area contributed by atoms with Gasteiger partial charge in [-0.1, -0.05) is 91.0 Å². The van der Waals surface area contributed by atoms with Gasteiger partial charge in [-0.15, -0.1) is 0 Å². The van der Waals surface area contributed by atoms with E-state index in [1.807, 2.05) is 6.20 Å². The van der Waals surface area contributed by atoms with Gasteiger partial charge < -0.3 is 4.57 Å². The fraction of sp³-hybridized carbons (Fsp3) is 0.